The predicted molar refractivity (Wildman–Crippen MR) is 106 cm³/mol. The molecular weight excluding hydrogens is 351 g/mol. The van der Waals surface area contributed by atoms with Crippen molar-refractivity contribution in [3.63, 3.8) is 0 Å². The van der Waals surface area contributed by atoms with Crippen LogP contribution < -0.4 is 0 Å². The predicted octanol–water partition coefficient (Wildman–Crippen LogP) is 5.11. The van der Waals surface area contributed by atoms with Crippen LogP contribution >= 0.6 is 9.47 Å². The van der Waals surface area contributed by atoms with Crippen LogP contribution in [-0.2, 0) is 23.6 Å². The highest BCUT2D eigenvalue weighted by Gasteiger charge is 2.42. The third-order valence-corrected chi connectivity index (χ3v) is 5.11. The van der Waals surface area contributed by atoms with E-state index in [1.54, 1.807) is 0 Å². The lowest BCUT2D eigenvalue weighted by Crippen LogP contribution is -2.39. The Morgan fingerprint density at radius 3 is 2.08 bits per heavy atom. The normalized spacial score (nSPS) is 19.5. The summed E-state index contributed by atoms with van der Waals surface area (Å²) in [7, 11) is 2.15. The maximum atomic E-state index is 11.9. The molecule has 5 nitrogen and oxygen atoms in total. The summed E-state index contributed by atoms with van der Waals surface area (Å²) in [5.41, 5.74) is -0.800. The molecule has 1 saturated heterocycles. The molecule has 0 saturated carbocycles. The molecule has 0 N–H and O–H groups in total. The number of hydrogen-bond acceptors (Lipinski definition) is 5. The van der Waals surface area contributed by atoms with Crippen LogP contribution in [0.1, 0.15) is 96.8 Å². The van der Waals surface area contributed by atoms with E-state index in [0.717, 1.165) is 12.8 Å². The summed E-state index contributed by atoms with van der Waals surface area (Å²) < 4.78 is 15.6. The van der Waals surface area contributed by atoms with E-state index in [9.17, 15) is 9.59 Å². The highest BCUT2D eigenvalue weighted by molar-refractivity contribution is 7.09. The SMILES string of the molecule is CCCCCCCCCCCCCC(=O)OCC1(COP)CCC(=O)O1. The van der Waals surface area contributed by atoms with Crippen molar-refractivity contribution >= 4 is 21.4 Å². The molecule has 26 heavy (non-hydrogen) atoms. The highest BCUT2D eigenvalue weighted by Crippen LogP contribution is 2.28. The van der Waals surface area contributed by atoms with Gasteiger partial charge in [-0.25, -0.2) is 0 Å². The van der Waals surface area contributed by atoms with Crippen LogP contribution in [0.2, 0.25) is 0 Å². The quantitative estimate of drug-likeness (QED) is 0.209. The number of carbonyl (C=O) groups excluding carboxylic acids is 2. The van der Waals surface area contributed by atoms with Crippen LogP contribution in [0.4, 0.5) is 0 Å². The van der Waals surface area contributed by atoms with Crippen LogP contribution in [0.5, 0.6) is 0 Å². The number of esters is 2. The Morgan fingerprint density at radius 1 is 1.00 bits per heavy atom. The minimum atomic E-state index is -0.800. The Balaban J connectivity index is 1.97. The van der Waals surface area contributed by atoms with Gasteiger partial charge in [-0.2, -0.15) is 0 Å². The molecule has 1 heterocycles. The molecule has 6 heteroatoms. The molecule has 2 atom stereocenters. The van der Waals surface area contributed by atoms with Crippen LogP contribution in [-0.4, -0.2) is 30.8 Å². The third kappa shape index (κ3) is 10.5. The van der Waals surface area contributed by atoms with Crippen molar-refractivity contribution in [1.82, 2.24) is 0 Å². The summed E-state index contributed by atoms with van der Waals surface area (Å²) in [6, 6.07) is 0. The molecule has 1 fully saturated rings. The summed E-state index contributed by atoms with van der Waals surface area (Å²) in [4.78, 5) is 23.2. The molecule has 0 bridgehead atoms. The van der Waals surface area contributed by atoms with E-state index in [0.29, 0.717) is 19.3 Å². The first-order valence-electron chi connectivity index (χ1n) is 10.3. The first-order chi connectivity index (χ1) is 12.6. The van der Waals surface area contributed by atoms with Crippen molar-refractivity contribution in [3.05, 3.63) is 0 Å². The van der Waals surface area contributed by atoms with Crippen molar-refractivity contribution in [1.29, 1.82) is 0 Å². The Bertz CT molecular complexity index is 402. The molecule has 0 aliphatic carbocycles. The van der Waals surface area contributed by atoms with Crippen molar-refractivity contribution in [2.75, 3.05) is 13.2 Å². The minimum Gasteiger partial charge on any atom is -0.461 e. The van der Waals surface area contributed by atoms with E-state index in [4.69, 9.17) is 14.0 Å². The average Bonchev–Trinajstić information content (AvgIpc) is 2.99. The van der Waals surface area contributed by atoms with E-state index in [-0.39, 0.29) is 25.2 Å². The van der Waals surface area contributed by atoms with E-state index < -0.39 is 5.60 Å². The lowest BCUT2D eigenvalue weighted by atomic mass is 10.0. The first-order valence-corrected chi connectivity index (χ1v) is 10.8. The molecule has 1 rings (SSSR count). The molecule has 1 aliphatic heterocycles. The van der Waals surface area contributed by atoms with E-state index >= 15 is 0 Å². The molecule has 0 radical (unpaired) electrons. The fraction of sp³-hybridized carbons (Fsp3) is 0.900. The number of carbonyl (C=O) groups is 2. The largest absolute Gasteiger partial charge is 0.461 e. The lowest BCUT2D eigenvalue weighted by Gasteiger charge is -2.25. The zero-order chi connectivity index (χ0) is 19.1. The first kappa shape index (κ1) is 23.4. The van der Waals surface area contributed by atoms with Gasteiger partial charge in [0, 0.05) is 28.7 Å². The Kier molecular flexibility index (Phi) is 12.9. The molecule has 1 aliphatic rings. The average molecular weight is 388 g/mol. The fourth-order valence-corrected chi connectivity index (χ4v) is 3.59. The summed E-state index contributed by atoms with van der Waals surface area (Å²) >= 11 is 0. The second kappa shape index (κ2) is 14.4. The van der Waals surface area contributed by atoms with Crippen molar-refractivity contribution < 1.29 is 23.6 Å². The van der Waals surface area contributed by atoms with Gasteiger partial charge < -0.3 is 14.0 Å². The van der Waals surface area contributed by atoms with Crippen LogP contribution in [0.3, 0.4) is 0 Å². The topological polar surface area (TPSA) is 61.8 Å². The van der Waals surface area contributed by atoms with Crippen molar-refractivity contribution in [3.8, 4) is 0 Å². The van der Waals surface area contributed by atoms with Crippen LogP contribution in [0.25, 0.3) is 0 Å². The molecule has 0 aromatic carbocycles. The van der Waals surface area contributed by atoms with Gasteiger partial charge in [0.15, 0.2) is 5.60 Å². The molecule has 0 amide bonds. The molecule has 2 unspecified atom stereocenters. The Morgan fingerprint density at radius 2 is 1.58 bits per heavy atom. The molecule has 0 aromatic rings. The number of cyclic esters (lactones) is 1. The van der Waals surface area contributed by atoms with E-state index in [2.05, 4.69) is 16.4 Å². The number of rotatable bonds is 16. The second-order valence-corrected chi connectivity index (χ2v) is 7.75. The molecule has 152 valence electrons. The summed E-state index contributed by atoms with van der Waals surface area (Å²) in [5.74, 6) is -0.472. The van der Waals surface area contributed by atoms with Gasteiger partial charge in [-0.15, -0.1) is 0 Å². The molecular formula is C20H37O5P. The van der Waals surface area contributed by atoms with Gasteiger partial charge >= 0.3 is 11.9 Å². The van der Waals surface area contributed by atoms with Gasteiger partial charge in [-0.1, -0.05) is 71.1 Å². The summed E-state index contributed by atoms with van der Waals surface area (Å²) in [6.45, 7) is 2.56. The number of unbranched alkanes of at least 4 members (excludes halogenated alkanes) is 10. The summed E-state index contributed by atoms with van der Waals surface area (Å²) in [6.07, 6.45) is 15.1. The minimum absolute atomic E-state index is 0.0873. The van der Waals surface area contributed by atoms with E-state index in [1.807, 2.05) is 0 Å². The maximum Gasteiger partial charge on any atom is 0.306 e. The van der Waals surface area contributed by atoms with Gasteiger partial charge in [-0.05, 0) is 6.42 Å². The monoisotopic (exact) mass is 388 g/mol. The van der Waals surface area contributed by atoms with Crippen LogP contribution in [0.15, 0.2) is 0 Å². The van der Waals surface area contributed by atoms with Gasteiger partial charge in [0.25, 0.3) is 0 Å². The zero-order valence-electron chi connectivity index (χ0n) is 16.4. The van der Waals surface area contributed by atoms with Gasteiger partial charge in [0.2, 0.25) is 0 Å². The van der Waals surface area contributed by atoms with E-state index in [1.165, 1.54) is 57.8 Å². The lowest BCUT2D eigenvalue weighted by molar-refractivity contribution is -0.165. The molecule has 0 spiro atoms. The zero-order valence-corrected chi connectivity index (χ0v) is 17.6. The van der Waals surface area contributed by atoms with Gasteiger partial charge in [0.05, 0.1) is 6.61 Å². The maximum absolute atomic E-state index is 11.9. The van der Waals surface area contributed by atoms with Crippen molar-refractivity contribution in [2.45, 2.75) is 102 Å². The highest BCUT2D eigenvalue weighted by atomic mass is 31.0. The summed E-state index contributed by atoms with van der Waals surface area (Å²) in [5, 5.41) is 0. The number of ether oxygens (including phenoxy) is 2. The Labute approximate surface area is 161 Å². The van der Waals surface area contributed by atoms with Gasteiger partial charge in [-0.3, -0.25) is 9.59 Å². The third-order valence-electron chi connectivity index (χ3n) is 4.94. The van der Waals surface area contributed by atoms with Gasteiger partial charge in [0.1, 0.15) is 6.61 Å². The number of hydrogen-bond donors (Lipinski definition) is 0. The smallest absolute Gasteiger partial charge is 0.306 e. The second-order valence-electron chi connectivity index (χ2n) is 7.41. The standard InChI is InChI=1S/C20H37O5P/c1-2-3-4-5-6-7-8-9-10-11-12-13-18(21)23-16-20(17-24-26)15-14-19(22)25-20/h2-17,26H2,1H3. The fourth-order valence-electron chi connectivity index (χ4n) is 3.29. The Hall–Kier alpha value is -0.670. The van der Waals surface area contributed by atoms with Crippen molar-refractivity contribution in [2.24, 2.45) is 0 Å². The van der Waals surface area contributed by atoms with Crippen LogP contribution in [0, 0.1) is 0 Å². The molecule has 0 aromatic heterocycles.